The van der Waals surface area contributed by atoms with Gasteiger partial charge in [-0.1, -0.05) is 53.6 Å². The van der Waals surface area contributed by atoms with Crippen molar-refractivity contribution in [2.24, 2.45) is 11.8 Å². The van der Waals surface area contributed by atoms with Gasteiger partial charge in [0.05, 0.1) is 0 Å². The van der Waals surface area contributed by atoms with E-state index in [-0.39, 0.29) is 11.8 Å². The van der Waals surface area contributed by atoms with Gasteiger partial charge in [0.25, 0.3) is 0 Å². The first-order valence-corrected chi connectivity index (χ1v) is 12.2. The van der Waals surface area contributed by atoms with Crippen LogP contribution in [0.25, 0.3) is 11.5 Å². The predicted molar refractivity (Wildman–Crippen MR) is 129 cm³/mol. The van der Waals surface area contributed by atoms with Crippen LogP contribution in [0.3, 0.4) is 0 Å². The molecule has 172 valence electrons. The highest BCUT2D eigenvalue weighted by Crippen LogP contribution is 2.29. The molecule has 1 aliphatic carbocycles. The van der Waals surface area contributed by atoms with Gasteiger partial charge in [-0.3, -0.25) is 4.79 Å². The monoisotopic (exact) mass is 444 g/mol. The standard InChI is InChI=1S/C27H32N4O2/c32-25(28-24-13-11-21(12-14-24)19-20-7-3-1-4-8-20)22-15-17-31(18-16-22)27-30-29-26(33-27)23-9-5-2-6-10-23/h1-10,21-22,24H,11-19H2,(H,28,32). The van der Waals surface area contributed by atoms with E-state index in [2.05, 4.69) is 50.7 Å². The van der Waals surface area contributed by atoms with Crippen LogP contribution in [-0.4, -0.2) is 35.2 Å². The second-order valence-corrected chi connectivity index (χ2v) is 9.43. The van der Waals surface area contributed by atoms with Crippen molar-refractivity contribution in [3.05, 3.63) is 66.2 Å². The first-order chi connectivity index (χ1) is 16.2. The Labute approximate surface area is 195 Å². The van der Waals surface area contributed by atoms with Crippen molar-refractivity contribution in [1.82, 2.24) is 15.5 Å². The molecule has 0 atom stereocenters. The highest BCUT2D eigenvalue weighted by atomic mass is 16.4. The predicted octanol–water partition coefficient (Wildman–Crippen LogP) is 4.87. The van der Waals surface area contributed by atoms with Crippen molar-refractivity contribution in [2.45, 2.75) is 51.0 Å². The number of carbonyl (C=O) groups excluding carboxylic acids is 1. The minimum Gasteiger partial charge on any atom is -0.403 e. The minimum atomic E-state index is 0.0693. The Balaban J connectivity index is 1.06. The molecule has 5 rings (SSSR count). The van der Waals surface area contributed by atoms with Crippen LogP contribution in [-0.2, 0) is 11.2 Å². The number of carbonyl (C=O) groups is 1. The van der Waals surface area contributed by atoms with Crippen molar-refractivity contribution in [1.29, 1.82) is 0 Å². The summed E-state index contributed by atoms with van der Waals surface area (Å²) in [5, 5.41) is 11.8. The summed E-state index contributed by atoms with van der Waals surface area (Å²) in [5.74, 6) is 1.56. The quantitative estimate of drug-likeness (QED) is 0.587. The van der Waals surface area contributed by atoms with E-state index in [1.54, 1.807) is 0 Å². The van der Waals surface area contributed by atoms with E-state index in [1.807, 2.05) is 30.3 Å². The van der Waals surface area contributed by atoms with E-state index in [0.29, 0.717) is 17.9 Å². The molecule has 1 N–H and O–H groups in total. The fourth-order valence-corrected chi connectivity index (χ4v) is 5.15. The second-order valence-electron chi connectivity index (χ2n) is 9.43. The summed E-state index contributed by atoms with van der Waals surface area (Å²) in [6.07, 6.45) is 7.36. The molecule has 6 heteroatoms. The summed E-state index contributed by atoms with van der Waals surface area (Å²) in [5.41, 5.74) is 2.35. The average Bonchev–Trinajstić information content (AvgIpc) is 3.37. The number of amides is 1. The molecule has 2 heterocycles. The largest absolute Gasteiger partial charge is 0.403 e. The Bertz CT molecular complexity index is 1020. The molecule has 33 heavy (non-hydrogen) atoms. The van der Waals surface area contributed by atoms with Gasteiger partial charge in [0.2, 0.25) is 11.8 Å². The number of rotatable bonds is 6. The first kappa shape index (κ1) is 21.7. The van der Waals surface area contributed by atoms with Crippen molar-refractivity contribution in [3.8, 4) is 11.5 Å². The van der Waals surface area contributed by atoms with Gasteiger partial charge in [-0.15, -0.1) is 5.10 Å². The van der Waals surface area contributed by atoms with E-state index in [1.165, 1.54) is 18.4 Å². The van der Waals surface area contributed by atoms with Gasteiger partial charge in [-0.25, -0.2) is 0 Å². The Morgan fingerprint density at radius 3 is 2.24 bits per heavy atom. The highest BCUT2D eigenvalue weighted by molar-refractivity contribution is 5.79. The summed E-state index contributed by atoms with van der Waals surface area (Å²) >= 11 is 0. The molecule has 0 unspecified atom stereocenters. The second kappa shape index (κ2) is 10.2. The van der Waals surface area contributed by atoms with Crippen molar-refractivity contribution in [3.63, 3.8) is 0 Å². The van der Waals surface area contributed by atoms with Crippen molar-refractivity contribution < 1.29 is 9.21 Å². The van der Waals surface area contributed by atoms with Crippen LogP contribution in [0.5, 0.6) is 0 Å². The molecule has 6 nitrogen and oxygen atoms in total. The molecule has 1 aromatic heterocycles. The van der Waals surface area contributed by atoms with Crippen LogP contribution >= 0.6 is 0 Å². The van der Waals surface area contributed by atoms with Gasteiger partial charge in [0.15, 0.2) is 0 Å². The zero-order valence-electron chi connectivity index (χ0n) is 19.0. The Morgan fingerprint density at radius 2 is 1.55 bits per heavy atom. The number of hydrogen-bond donors (Lipinski definition) is 1. The molecular formula is C27H32N4O2. The van der Waals surface area contributed by atoms with Crippen LogP contribution in [0.15, 0.2) is 65.1 Å². The topological polar surface area (TPSA) is 71.3 Å². The number of anilines is 1. The fraction of sp³-hybridized carbons (Fsp3) is 0.444. The van der Waals surface area contributed by atoms with E-state index >= 15 is 0 Å². The maximum atomic E-state index is 12.9. The summed E-state index contributed by atoms with van der Waals surface area (Å²) in [6.45, 7) is 1.52. The lowest BCUT2D eigenvalue weighted by atomic mass is 9.82. The number of hydrogen-bond acceptors (Lipinski definition) is 5. The van der Waals surface area contributed by atoms with Crippen LogP contribution in [0.4, 0.5) is 6.01 Å². The van der Waals surface area contributed by atoms with E-state index < -0.39 is 0 Å². The molecule has 0 radical (unpaired) electrons. The van der Waals surface area contributed by atoms with Gasteiger partial charge >= 0.3 is 6.01 Å². The minimum absolute atomic E-state index is 0.0693. The van der Waals surface area contributed by atoms with Crippen LogP contribution < -0.4 is 10.2 Å². The summed E-state index contributed by atoms with van der Waals surface area (Å²) < 4.78 is 5.88. The molecule has 2 fully saturated rings. The molecule has 1 aliphatic heterocycles. The van der Waals surface area contributed by atoms with E-state index in [9.17, 15) is 4.79 Å². The Morgan fingerprint density at radius 1 is 0.879 bits per heavy atom. The van der Waals surface area contributed by atoms with Crippen LogP contribution in [0, 0.1) is 11.8 Å². The zero-order valence-corrected chi connectivity index (χ0v) is 19.0. The number of nitrogens with one attached hydrogen (secondary N) is 1. The fourth-order valence-electron chi connectivity index (χ4n) is 5.15. The smallest absolute Gasteiger partial charge is 0.318 e. The number of aromatic nitrogens is 2. The molecule has 1 saturated carbocycles. The molecule has 2 aliphatic rings. The van der Waals surface area contributed by atoms with Crippen molar-refractivity contribution >= 4 is 11.9 Å². The summed E-state index contributed by atoms with van der Waals surface area (Å²) in [4.78, 5) is 15.0. The summed E-state index contributed by atoms with van der Waals surface area (Å²) in [6, 6.07) is 21.4. The van der Waals surface area contributed by atoms with E-state index in [4.69, 9.17) is 4.42 Å². The van der Waals surface area contributed by atoms with Gasteiger partial charge in [0.1, 0.15) is 0 Å². The zero-order chi connectivity index (χ0) is 22.5. The molecule has 0 bridgehead atoms. The molecule has 1 saturated heterocycles. The molecule has 0 spiro atoms. The van der Waals surface area contributed by atoms with Gasteiger partial charge in [-0.05, 0) is 68.6 Å². The van der Waals surface area contributed by atoms with E-state index in [0.717, 1.165) is 56.7 Å². The number of piperidine rings is 1. The normalized spacial score (nSPS) is 21.6. The third-order valence-electron chi connectivity index (χ3n) is 7.13. The molecular weight excluding hydrogens is 412 g/mol. The molecule has 2 aromatic carbocycles. The maximum absolute atomic E-state index is 12.9. The molecule has 1 amide bonds. The lowest BCUT2D eigenvalue weighted by molar-refractivity contribution is -0.126. The Kier molecular flexibility index (Phi) is 6.70. The van der Waals surface area contributed by atoms with Gasteiger partial charge in [-0.2, -0.15) is 0 Å². The Hall–Kier alpha value is -3.15. The lowest BCUT2D eigenvalue weighted by Gasteiger charge is -2.33. The number of nitrogens with zero attached hydrogens (tertiary/aromatic N) is 3. The molecule has 3 aromatic rings. The van der Waals surface area contributed by atoms with Gasteiger partial charge in [0, 0.05) is 30.6 Å². The van der Waals surface area contributed by atoms with Crippen LogP contribution in [0.2, 0.25) is 0 Å². The van der Waals surface area contributed by atoms with Crippen LogP contribution in [0.1, 0.15) is 44.1 Å². The highest BCUT2D eigenvalue weighted by Gasteiger charge is 2.30. The summed E-state index contributed by atoms with van der Waals surface area (Å²) in [7, 11) is 0. The lowest BCUT2D eigenvalue weighted by Crippen LogP contribution is -2.45. The van der Waals surface area contributed by atoms with Gasteiger partial charge < -0.3 is 14.6 Å². The van der Waals surface area contributed by atoms with Crippen molar-refractivity contribution in [2.75, 3.05) is 18.0 Å². The average molecular weight is 445 g/mol. The maximum Gasteiger partial charge on any atom is 0.318 e. The third-order valence-corrected chi connectivity index (χ3v) is 7.13. The third kappa shape index (κ3) is 5.44. The SMILES string of the molecule is O=C(NC1CCC(Cc2ccccc2)CC1)C1CCN(c2nnc(-c3ccccc3)o2)CC1. The first-order valence-electron chi connectivity index (χ1n) is 12.2. The number of benzene rings is 2.